The van der Waals surface area contributed by atoms with Crippen molar-refractivity contribution >= 4 is 18.0 Å². The topological polar surface area (TPSA) is 39.4 Å². The van der Waals surface area contributed by atoms with Crippen molar-refractivity contribution in [2.24, 2.45) is 0 Å². The first-order valence-electron chi connectivity index (χ1n) is 9.03. The second-order valence-electron chi connectivity index (χ2n) is 7.15. The number of aryl methyl sites for hydroxylation is 1. The van der Waals surface area contributed by atoms with Crippen LogP contribution < -0.4 is 4.74 Å². The van der Waals surface area contributed by atoms with Crippen LogP contribution in [0.5, 0.6) is 5.75 Å². The summed E-state index contributed by atoms with van der Waals surface area (Å²) in [5.74, 6) is 2.57. The number of rotatable bonds is 8. The molecular formula is C23H23FO3S. The number of aldehydes is 1. The van der Waals surface area contributed by atoms with Gasteiger partial charge in [-0.25, -0.2) is 4.39 Å². The predicted molar refractivity (Wildman–Crippen MR) is 111 cm³/mol. The lowest BCUT2D eigenvalue weighted by molar-refractivity contribution is -0.109. The number of furan rings is 1. The fourth-order valence-electron chi connectivity index (χ4n) is 2.64. The average Bonchev–Trinajstić information content (AvgIpc) is 3.06. The van der Waals surface area contributed by atoms with E-state index in [4.69, 9.17) is 9.15 Å². The van der Waals surface area contributed by atoms with Crippen molar-refractivity contribution in [3.05, 3.63) is 77.3 Å². The third-order valence-corrected chi connectivity index (χ3v) is 5.64. The van der Waals surface area contributed by atoms with E-state index in [-0.39, 0.29) is 5.82 Å². The maximum Gasteiger partial charge on any atom is 0.135 e. The molecule has 146 valence electrons. The van der Waals surface area contributed by atoms with E-state index in [0.29, 0.717) is 17.9 Å². The van der Waals surface area contributed by atoms with Crippen LogP contribution in [0.3, 0.4) is 0 Å². The lowest BCUT2D eigenvalue weighted by Gasteiger charge is -2.16. The Morgan fingerprint density at radius 1 is 1.14 bits per heavy atom. The Morgan fingerprint density at radius 3 is 2.68 bits per heavy atom. The third-order valence-electron chi connectivity index (χ3n) is 4.32. The second-order valence-corrected chi connectivity index (χ2v) is 8.78. The zero-order chi connectivity index (χ0) is 20.1. The molecule has 0 aliphatic rings. The minimum absolute atomic E-state index is 0.295. The molecule has 1 aromatic heterocycles. The molecule has 0 saturated heterocycles. The normalized spacial score (nSPS) is 11.4. The number of hydrogen-bond donors (Lipinski definition) is 0. The van der Waals surface area contributed by atoms with Gasteiger partial charge in [-0.2, -0.15) is 0 Å². The summed E-state index contributed by atoms with van der Waals surface area (Å²) in [4.78, 5) is 11.1. The zero-order valence-electron chi connectivity index (χ0n) is 16.2. The van der Waals surface area contributed by atoms with Crippen molar-refractivity contribution in [3.8, 4) is 17.1 Å². The monoisotopic (exact) mass is 398 g/mol. The molecule has 0 N–H and O–H groups in total. The van der Waals surface area contributed by atoms with Crippen molar-refractivity contribution in [1.29, 1.82) is 0 Å². The Balaban J connectivity index is 1.66. The molecule has 1 heterocycles. The van der Waals surface area contributed by atoms with Crippen LogP contribution in [0.2, 0.25) is 0 Å². The molecule has 0 aliphatic carbocycles. The fraction of sp³-hybridized carbons (Fsp3) is 0.261. The van der Waals surface area contributed by atoms with E-state index in [1.54, 1.807) is 17.8 Å². The number of hydrogen-bond acceptors (Lipinski definition) is 4. The molecule has 0 saturated carbocycles. The first-order chi connectivity index (χ1) is 13.4. The molecule has 0 amide bonds. The van der Waals surface area contributed by atoms with Crippen LogP contribution in [0.1, 0.15) is 30.7 Å². The van der Waals surface area contributed by atoms with Gasteiger partial charge in [-0.15, -0.1) is 11.8 Å². The Bertz CT molecular complexity index is 962. The number of ether oxygens (including phenoxy) is 1. The standard InChI is InChI=1S/C23H23FO3S/c1-16-19(12-22(27-16)18-7-5-8-20(24)11-18)13-26-21-9-4-6-17(10-21)14-28-23(2,3)15-25/h4-12,15H,13-14H2,1-3H3. The third kappa shape index (κ3) is 5.26. The first kappa shape index (κ1) is 20.2. The summed E-state index contributed by atoms with van der Waals surface area (Å²) in [6.45, 7) is 6.04. The molecule has 2 aromatic carbocycles. The molecular weight excluding hydrogens is 375 g/mol. The minimum Gasteiger partial charge on any atom is -0.489 e. The highest BCUT2D eigenvalue weighted by Gasteiger charge is 2.17. The zero-order valence-corrected chi connectivity index (χ0v) is 17.0. The van der Waals surface area contributed by atoms with Crippen molar-refractivity contribution < 1.29 is 18.3 Å². The average molecular weight is 398 g/mol. The Morgan fingerprint density at radius 2 is 1.93 bits per heavy atom. The van der Waals surface area contributed by atoms with Crippen LogP contribution >= 0.6 is 11.8 Å². The van der Waals surface area contributed by atoms with Gasteiger partial charge in [-0.1, -0.05) is 24.3 Å². The summed E-state index contributed by atoms with van der Waals surface area (Å²) in [6, 6.07) is 16.1. The van der Waals surface area contributed by atoms with Crippen molar-refractivity contribution in [1.82, 2.24) is 0 Å². The van der Waals surface area contributed by atoms with Gasteiger partial charge in [0, 0.05) is 16.9 Å². The van der Waals surface area contributed by atoms with Gasteiger partial charge in [0.25, 0.3) is 0 Å². The number of halogens is 1. The van der Waals surface area contributed by atoms with Gasteiger partial charge in [-0.3, -0.25) is 0 Å². The molecule has 3 aromatic rings. The maximum atomic E-state index is 13.4. The molecule has 0 aliphatic heterocycles. The van der Waals surface area contributed by atoms with Crippen molar-refractivity contribution in [3.63, 3.8) is 0 Å². The van der Waals surface area contributed by atoms with Gasteiger partial charge in [0.15, 0.2) is 0 Å². The van der Waals surface area contributed by atoms with Crippen molar-refractivity contribution in [2.45, 2.75) is 37.9 Å². The van der Waals surface area contributed by atoms with E-state index < -0.39 is 4.75 Å². The highest BCUT2D eigenvalue weighted by Crippen LogP contribution is 2.29. The van der Waals surface area contributed by atoms with E-state index >= 15 is 0 Å². The smallest absolute Gasteiger partial charge is 0.135 e. The van der Waals surface area contributed by atoms with Crippen molar-refractivity contribution in [2.75, 3.05) is 0 Å². The molecule has 0 unspecified atom stereocenters. The van der Waals surface area contributed by atoms with Gasteiger partial charge in [0.2, 0.25) is 0 Å². The van der Waals surface area contributed by atoms with E-state index in [1.165, 1.54) is 12.1 Å². The van der Waals surface area contributed by atoms with E-state index in [1.807, 2.05) is 57.2 Å². The largest absolute Gasteiger partial charge is 0.489 e. The lowest BCUT2D eigenvalue weighted by Crippen LogP contribution is -2.16. The quantitative estimate of drug-likeness (QED) is 0.425. The number of benzene rings is 2. The summed E-state index contributed by atoms with van der Waals surface area (Å²) >= 11 is 1.59. The van der Waals surface area contributed by atoms with Crippen LogP contribution in [0, 0.1) is 12.7 Å². The summed E-state index contributed by atoms with van der Waals surface area (Å²) < 4.78 is 24.7. The molecule has 3 rings (SSSR count). The molecule has 0 spiro atoms. The van der Waals surface area contributed by atoms with Gasteiger partial charge in [0.1, 0.15) is 36.0 Å². The first-order valence-corrected chi connectivity index (χ1v) is 10.0. The second kappa shape index (κ2) is 8.65. The van der Waals surface area contributed by atoms with Gasteiger partial charge in [-0.05, 0) is 56.7 Å². The Labute approximate surface area is 168 Å². The SMILES string of the molecule is Cc1oc(-c2cccc(F)c2)cc1COc1cccc(CSC(C)(C)C=O)c1. The molecule has 0 radical (unpaired) electrons. The number of thioether (sulfide) groups is 1. The highest BCUT2D eigenvalue weighted by molar-refractivity contribution is 8.00. The van der Waals surface area contributed by atoms with Crippen LogP contribution in [0.25, 0.3) is 11.3 Å². The molecule has 28 heavy (non-hydrogen) atoms. The van der Waals surface area contributed by atoms with E-state index in [0.717, 1.165) is 34.7 Å². The predicted octanol–water partition coefficient (Wildman–Crippen LogP) is 6.18. The number of carbonyl (C=O) groups is 1. The van der Waals surface area contributed by atoms with Gasteiger partial charge >= 0.3 is 0 Å². The number of carbonyl (C=O) groups excluding carboxylic acids is 1. The lowest BCUT2D eigenvalue weighted by atomic mass is 10.1. The molecule has 0 atom stereocenters. The fourth-order valence-corrected chi connectivity index (χ4v) is 3.42. The van der Waals surface area contributed by atoms with Gasteiger partial charge in [0.05, 0.1) is 4.75 Å². The highest BCUT2D eigenvalue weighted by atomic mass is 32.2. The molecule has 3 nitrogen and oxygen atoms in total. The van der Waals surface area contributed by atoms with Crippen LogP contribution in [0.15, 0.2) is 59.0 Å². The Hall–Kier alpha value is -2.53. The van der Waals surface area contributed by atoms with Gasteiger partial charge < -0.3 is 13.9 Å². The molecule has 0 fully saturated rings. The van der Waals surface area contributed by atoms with E-state index in [9.17, 15) is 9.18 Å². The van der Waals surface area contributed by atoms with Crippen LogP contribution in [-0.4, -0.2) is 11.0 Å². The summed E-state index contributed by atoms with van der Waals surface area (Å²) in [5.41, 5.74) is 2.72. The van der Waals surface area contributed by atoms with Crippen LogP contribution in [-0.2, 0) is 17.2 Å². The van der Waals surface area contributed by atoms with Crippen LogP contribution in [0.4, 0.5) is 4.39 Å². The Kier molecular flexibility index (Phi) is 6.25. The maximum absolute atomic E-state index is 13.4. The summed E-state index contributed by atoms with van der Waals surface area (Å²) in [5, 5.41) is 0. The summed E-state index contributed by atoms with van der Waals surface area (Å²) in [6.07, 6.45) is 0.968. The van der Waals surface area contributed by atoms with E-state index in [2.05, 4.69) is 0 Å². The molecule has 5 heteroatoms. The summed E-state index contributed by atoms with van der Waals surface area (Å²) in [7, 11) is 0. The minimum atomic E-state index is -0.405. The molecule has 0 bridgehead atoms.